The van der Waals surface area contributed by atoms with Crippen molar-refractivity contribution in [3.8, 4) is 0 Å². The van der Waals surface area contributed by atoms with Gasteiger partial charge in [0.1, 0.15) is 5.82 Å². The standard InChI is InChI=1S/C11H21N3O/c1-4-15-10-9-14-8-6-12-11(14)5-7-13(2)3/h6,8H,4-5,7,9-10H2,1-3H3. The molecule has 0 amide bonds. The van der Waals surface area contributed by atoms with Gasteiger partial charge in [-0.25, -0.2) is 4.98 Å². The summed E-state index contributed by atoms with van der Waals surface area (Å²) < 4.78 is 7.49. The fourth-order valence-electron chi connectivity index (χ4n) is 1.40. The van der Waals surface area contributed by atoms with Gasteiger partial charge in [0.25, 0.3) is 0 Å². The molecule has 15 heavy (non-hydrogen) atoms. The van der Waals surface area contributed by atoms with Crippen molar-refractivity contribution in [3.05, 3.63) is 18.2 Å². The minimum atomic E-state index is 0.766. The Hall–Kier alpha value is -0.870. The SMILES string of the molecule is CCOCCn1ccnc1CCN(C)C. The van der Waals surface area contributed by atoms with Gasteiger partial charge in [-0.3, -0.25) is 0 Å². The van der Waals surface area contributed by atoms with E-state index in [1.54, 1.807) is 0 Å². The Bertz CT molecular complexity index is 271. The Morgan fingerprint density at radius 1 is 1.47 bits per heavy atom. The van der Waals surface area contributed by atoms with Crippen LogP contribution in [0.5, 0.6) is 0 Å². The minimum absolute atomic E-state index is 0.766. The van der Waals surface area contributed by atoms with Crippen molar-refractivity contribution >= 4 is 0 Å². The average molecular weight is 211 g/mol. The molecule has 0 aliphatic heterocycles. The smallest absolute Gasteiger partial charge is 0.109 e. The Labute approximate surface area is 91.9 Å². The first-order valence-corrected chi connectivity index (χ1v) is 5.46. The summed E-state index contributed by atoms with van der Waals surface area (Å²) in [6.45, 7) is 5.49. The zero-order valence-corrected chi connectivity index (χ0v) is 9.94. The first-order valence-electron chi connectivity index (χ1n) is 5.46. The normalized spacial score (nSPS) is 11.2. The summed E-state index contributed by atoms with van der Waals surface area (Å²) in [4.78, 5) is 6.52. The number of nitrogens with zero attached hydrogens (tertiary/aromatic N) is 3. The second kappa shape index (κ2) is 6.58. The molecule has 0 saturated heterocycles. The zero-order chi connectivity index (χ0) is 11.1. The van der Waals surface area contributed by atoms with Crippen LogP contribution < -0.4 is 0 Å². The summed E-state index contributed by atoms with van der Waals surface area (Å²) in [6, 6.07) is 0. The first-order chi connectivity index (χ1) is 7.24. The van der Waals surface area contributed by atoms with Gasteiger partial charge in [0, 0.05) is 38.5 Å². The Morgan fingerprint density at radius 2 is 2.27 bits per heavy atom. The highest BCUT2D eigenvalue weighted by atomic mass is 16.5. The van der Waals surface area contributed by atoms with Crippen molar-refractivity contribution in [1.82, 2.24) is 14.5 Å². The van der Waals surface area contributed by atoms with E-state index < -0.39 is 0 Å². The predicted octanol–water partition coefficient (Wildman–Crippen LogP) is 1.02. The molecule has 86 valence electrons. The Balaban J connectivity index is 2.39. The van der Waals surface area contributed by atoms with Crippen LogP contribution in [0.2, 0.25) is 0 Å². The predicted molar refractivity (Wildman–Crippen MR) is 61.0 cm³/mol. The second-order valence-corrected chi connectivity index (χ2v) is 3.79. The third-order valence-corrected chi connectivity index (χ3v) is 2.26. The molecule has 0 unspecified atom stereocenters. The summed E-state index contributed by atoms with van der Waals surface area (Å²) in [7, 11) is 4.15. The fraction of sp³-hybridized carbons (Fsp3) is 0.727. The molecule has 1 aromatic heterocycles. The highest BCUT2D eigenvalue weighted by Crippen LogP contribution is 1.99. The van der Waals surface area contributed by atoms with E-state index in [0.717, 1.165) is 38.5 Å². The van der Waals surface area contributed by atoms with E-state index in [1.807, 2.05) is 19.3 Å². The lowest BCUT2D eigenvalue weighted by Gasteiger charge is -2.11. The molecule has 1 rings (SSSR count). The maximum absolute atomic E-state index is 5.33. The molecule has 0 aliphatic carbocycles. The van der Waals surface area contributed by atoms with Crippen LogP contribution in [0.15, 0.2) is 12.4 Å². The molecule has 0 N–H and O–H groups in total. The van der Waals surface area contributed by atoms with Gasteiger partial charge in [-0.2, -0.15) is 0 Å². The van der Waals surface area contributed by atoms with Crippen molar-refractivity contribution in [3.63, 3.8) is 0 Å². The van der Waals surface area contributed by atoms with Crippen molar-refractivity contribution in [2.45, 2.75) is 19.9 Å². The zero-order valence-electron chi connectivity index (χ0n) is 9.94. The first kappa shape index (κ1) is 12.2. The van der Waals surface area contributed by atoms with E-state index in [0.29, 0.717) is 0 Å². The second-order valence-electron chi connectivity index (χ2n) is 3.79. The molecule has 0 saturated carbocycles. The van der Waals surface area contributed by atoms with Gasteiger partial charge in [-0.05, 0) is 21.0 Å². The van der Waals surface area contributed by atoms with Gasteiger partial charge in [0.2, 0.25) is 0 Å². The molecule has 0 bridgehead atoms. The van der Waals surface area contributed by atoms with Gasteiger partial charge in [-0.1, -0.05) is 0 Å². The van der Waals surface area contributed by atoms with E-state index in [9.17, 15) is 0 Å². The van der Waals surface area contributed by atoms with Gasteiger partial charge in [0.15, 0.2) is 0 Å². The summed E-state index contributed by atoms with van der Waals surface area (Å²) >= 11 is 0. The molecule has 0 fully saturated rings. The van der Waals surface area contributed by atoms with Gasteiger partial charge in [-0.15, -0.1) is 0 Å². The molecule has 4 heteroatoms. The summed E-state index contributed by atoms with van der Waals surface area (Å²) in [6.07, 6.45) is 4.87. The maximum Gasteiger partial charge on any atom is 0.109 e. The highest BCUT2D eigenvalue weighted by molar-refractivity contribution is 4.92. The maximum atomic E-state index is 5.33. The Morgan fingerprint density at radius 3 is 2.93 bits per heavy atom. The van der Waals surface area contributed by atoms with E-state index >= 15 is 0 Å². The molecule has 0 atom stereocenters. The van der Waals surface area contributed by atoms with Crippen LogP contribution >= 0.6 is 0 Å². The van der Waals surface area contributed by atoms with Gasteiger partial charge < -0.3 is 14.2 Å². The van der Waals surface area contributed by atoms with E-state index in [-0.39, 0.29) is 0 Å². The van der Waals surface area contributed by atoms with Crippen LogP contribution in [0.25, 0.3) is 0 Å². The molecule has 0 spiro atoms. The molecule has 1 heterocycles. The number of imidazole rings is 1. The van der Waals surface area contributed by atoms with Crippen molar-refractivity contribution < 1.29 is 4.74 Å². The minimum Gasteiger partial charge on any atom is -0.380 e. The summed E-state index contributed by atoms with van der Waals surface area (Å²) in [5.74, 6) is 1.14. The van der Waals surface area contributed by atoms with Crippen LogP contribution in [0, 0.1) is 0 Å². The van der Waals surface area contributed by atoms with E-state index in [1.165, 1.54) is 0 Å². The van der Waals surface area contributed by atoms with Crippen LogP contribution in [0.4, 0.5) is 0 Å². The highest BCUT2D eigenvalue weighted by Gasteiger charge is 2.02. The number of aromatic nitrogens is 2. The number of ether oxygens (including phenoxy) is 1. The average Bonchev–Trinajstić information content (AvgIpc) is 2.63. The number of likely N-dealkylation sites (N-methyl/N-ethyl adjacent to an activating group) is 1. The van der Waals surface area contributed by atoms with Crippen LogP contribution in [-0.4, -0.2) is 48.3 Å². The van der Waals surface area contributed by atoms with E-state index in [2.05, 4.69) is 28.5 Å². The fourth-order valence-corrected chi connectivity index (χ4v) is 1.40. The number of rotatable bonds is 7. The molecule has 0 radical (unpaired) electrons. The summed E-state index contributed by atoms with van der Waals surface area (Å²) in [5, 5.41) is 0. The monoisotopic (exact) mass is 211 g/mol. The largest absolute Gasteiger partial charge is 0.380 e. The lowest BCUT2D eigenvalue weighted by molar-refractivity contribution is 0.138. The lowest BCUT2D eigenvalue weighted by Crippen LogP contribution is -2.18. The van der Waals surface area contributed by atoms with Crippen LogP contribution in [0.1, 0.15) is 12.7 Å². The van der Waals surface area contributed by atoms with Crippen molar-refractivity contribution in [2.75, 3.05) is 33.9 Å². The molecule has 4 nitrogen and oxygen atoms in total. The van der Waals surface area contributed by atoms with Gasteiger partial charge >= 0.3 is 0 Å². The molecule has 0 aliphatic rings. The molecule has 0 aromatic carbocycles. The third-order valence-electron chi connectivity index (χ3n) is 2.26. The lowest BCUT2D eigenvalue weighted by atomic mass is 10.4. The van der Waals surface area contributed by atoms with Crippen LogP contribution in [-0.2, 0) is 17.7 Å². The van der Waals surface area contributed by atoms with Crippen molar-refractivity contribution in [2.24, 2.45) is 0 Å². The Kier molecular flexibility index (Phi) is 5.36. The van der Waals surface area contributed by atoms with E-state index in [4.69, 9.17) is 4.74 Å². The molecule has 1 aromatic rings. The topological polar surface area (TPSA) is 30.3 Å². The van der Waals surface area contributed by atoms with Gasteiger partial charge in [0.05, 0.1) is 6.61 Å². The quantitative estimate of drug-likeness (QED) is 0.631. The number of hydrogen-bond donors (Lipinski definition) is 0. The molecular weight excluding hydrogens is 190 g/mol. The summed E-state index contributed by atoms with van der Waals surface area (Å²) in [5.41, 5.74) is 0. The van der Waals surface area contributed by atoms with Crippen molar-refractivity contribution in [1.29, 1.82) is 0 Å². The number of hydrogen-bond acceptors (Lipinski definition) is 3. The third kappa shape index (κ3) is 4.44. The van der Waals surface area contributed by atoms with Crippen LogP contribution in [0.3, 0.4) is 0 Å². The molecular formula is C11H21N3O.